The second-order valence-electron chi connectivity index (χ2n) is 13.4. The van der Waals surface area contributed by atoms with E-state index in [2.05, 4.69) is 91.7 Å². The van der Waals surface area contributed by atoms with Gasteiger partial charge < -0.3 is 0 Å². The molecule has 3 rings (SSSR count). The van der Waals surface area contributed by atoms with E-state index in [0.29, 0.717) is 4.22 Å². The van der Waals surface area contributed by atoms with Gasteiger partial charge in [-0.05, 0) is 0 Å². The summed E-state index contributed by atoms with van der Waals surface area (Å²) in [5, 5.41) is 10.6. The third kappa shape index (κ3) is 3.04. The minimum absolute atomic E-state index is 0. The summed E-state index contributed by atoms with van der Waals surface area (Å²) in [6.07, 6.45) is 10.9. The van der Waals surface area contributed by atoms with E-state index >= 15 is 0 Å². The van der Waals surface area contributed by atoms with Crippen LogP contribution < -0.4 is 0 Å². The minimum atomic E-state index is -4.39. The van der Waals surface area contributed by atoms with Crippen LogP contribution in [0.3, 0.4) is 0 Å². The van der Waals surface area contributed by atoms with Crippen LogP contribution in [0.25, 0.3) is 6.08 Å². The molecule has 0 saturated heterocycles. The summed E-state index contributed by atoms with van der Waals surface area (Å²) in [7, 11) is 0.312. The van der Waals surface area contributed by atoms with Gasteiger partial charge in [-0.25, -0.2) is 0 Å². The summed E-state index contributed by atoms with van der Waals surface area (Å²) in [6, 6.07) is 8.97. The third-order valence-electron chi connectivity index (χ3n) is 6.61. The molecular formula is C19H32Cl2Si2Ti. The predicted molar refractivity (Wildman–Crippen MR) is 120 cm³/mol. The molecule has 0 radical (unpaired) electrons. The predicted octanol–water partition coefficient (Wildman–Crippen LogP) is 5.42. The van der Waals surface area contributed by atoms with Crippen molar-refractivity contribution < 1.29 is 8.93 Å². The summed E-state index contributed by atoms with van der Waals surface area (Å²) < 4.78 is 2.18. The molecule has 0 aliphatic heterocycles. The molecule has 1 atom stereocenters. The number of hydrogen-bond acceptors (Lipinski definition) is 0. The van der Waals surface area contributed by atoms with Gasteiger partial charge in [-0.3, -0.25) is 0 Å². The van der Waals surface area contributed by atoms with Crippen molar-refractivity contribution in [1.29, 1.82) is 0 Å². The molecule has 0 N–H and O–H groups in total. The minimum Gasteiger partial charge on any atom is -0.147 e. The Bertz CT molecular complexity index is 1070. The Morgan fingerprint density at radius 3 is 2.12 bits per heavy atom. The van der Waals surface area contributed by atoms with Gasteiger partial charge in [0.2, 0.25) is 0 Å². The molecule has 0 fully saturated rings. The summed E-state index contributed by atoms with van der Waals surface area (Å²) in [5.41, 5.74) is 4.36. The summed E-state index contributed by atoms with van der Waals surface area (Å²) in [4.78, 5) is 0. The molecule has 0 nitrogen and oxygen atoms in total. The van der Waals surface area contributed by atoms with E-state index in [9.17, 15) is 0 Å². The van der Waals surface area contributed by atoms with Crippen molar-refractivity contribution in [2.75, 3.05) is 0 Å². The van der Waals surface area contributed by atoms with Gasteiger partial charge in [0.1, 0.15) is 0 Å². The molecule has 0 saturated carbocycles. The third-order valence-corrected chi connectivity index (χ3v) is 27.1. The Kier molecular flexibility index (Phi) is 3.87. The molecule has 1 aromatic carbocycles. The number of allylic oxidation sites excluding steroid dienone is 5. The van der Waals surface area contributed by atoms with Crippen molar-refractivity contribution in [2.45, 2.75) is 38.5 Å². The molecule has 2 aliphatic rings. The smallest absolute Gasteiger partial charge is 0.147 e. The molecule has 5 heteroatoms. The number of benzene rings is 1. The fourth-order valence-electron chi connectivity index (χ4n) is 4.65. The molecule has 0 spiro atoms. The van der Waals surface area contributed by atoms with Gasteiger partial charge in [0.15, 0.2) is 0 Å². The van der Waals surface area contributed by atoms with Crippen LogP contribution in [0.15, 0.2) is 51.9 Å². The van der Waals surface area contributed by atoms with Crippen LogP contribution in [0.2, 0.25) is 20.9 Å². The van der Waals surface area contributed by atoms with Crippen LogP contribution >= 0.6 is 24.8 Å². The maximum atomic E-state index is 2.65. The van der Waals surface area contributed by atoms with E-state index in [4.69, 9.17) is 0 Å². The van der Waals surface area contributed by atoms with Crippen molar-refractivity contribution in [3.8, 4) is 0 Å². The van der Waals surface area contributed by atoms with Crippen LogP contribution in [-0.2, 0) is 8.93 Å². The van der Waals surface area contributed by atoms with Crippen LogP contribution in [0.1, 0.15) is 28.7 Å². The summed E-state index contributed by atoms with van der Waals surface area (Å²) >= 11 is 0. The molecule has 0 heterocycles. The van der Waals surface area contributed by atoms with Crippen molar-refractivity contribution in [2.24, 2.45) is 0 Å². The fourth-order valence-corrected chi connectivity index (χ4v) is 19.2. The zero-order chi connectivity index (χ0) is 16.6. The van der Waals surface area contributed by atoms with E-state index in [-0.39, 0.29) is 24.8 Å². The second-order valence-corrected chi connectivity index (χ2v) is 81.8. The van der Waals surface area contributed by atoms with Gasteiger partial charge in [-0.2, -0.15) is 0 Å². The van der Waals surface area contributed by atoms with Gasteiger partial charge in [0, 0.05) is 0 Å². The molecule has 0 bridgehead atoms. The number of hydrogen-bond donors (Lipinski definition) is 0. The van der Waals surface area contributed by atoms with Gasteiger partial charge in [0.25, 0.3) is 0 Å². The first-order chi connectivity index (χ1) is 9.54. The summed E-state index contributed by atoms with van der Waals surface area (Å²) in [6.45, 7) is 2.24. The first-order valence-electron chi connectivity index (χ1n) is 8.44. The maximum Gasteiger partial charge on any atom is -0.147 e. The Morgan fingerprint density at radius 1 is 1.00 bits per heavy atom. The Balaban J connectivity index is 0.00000144. The standard InChI is InChI=1S/C9H7.C6H7.4CH3.2ClH.2H2Si.Ti/c1-2-5-9-7-3-6-8(9)4-1;1-6-4-2-3-5-6;;;;;;;;;/h1-7H;4-5H,2H2,1H3;4*1H3;2*1H;2*1H2;. The van der Waals surface area contributed by atoms with Crippen LogP contribution in [0.5, 0.6) is 0 Å². The van der Waals surface area contributed by atoms with Gasteiger partial charge in [-0.15, -0.1) is 24.8 Å². The topological polar surface area (TPSA) is 0 Å². The number of rotatable bonds is 2. The fraction of sp³-hybridized carbons (Fsp3) is 0.368. The quantitative estimate of drug-likeness (QED) is 0.545. The SMILES string of the molecule is CC1=CC[C]([Ti]([CH3])([CH3])([CH3])([CH3])(=[SiH2])(=[SiH2])[CH]2C=Cc3ccccc32)=C1.Cl.Cl. The molecule has 24 heavy (non-hydrogen) atoms. The van der Waals surface area contributed by atoms with E-state index in [1.165, 1.54) is 16.7 Å². The van der Waals surface area contributed by atoms with Gasteiger partial charge in [0.05, 0.1) is 0 Å². The molecule has 2 aliphatic carbocycles. The molecule has 1 unspecified atom stereocenters. The largest absolute Gasteiger partial charge is 0.147 e. The molecular weight excluding hydrogens is 403 g/mol. The van der Waals surface area contributed by atoms with Gasteiger partial charge in [-0.1, -0.05) is 0 Å². The van der Waals surface area contributed by atoms with Crippen LogP contribution in [-0.4, -0.2) is 15.3 Å². The van der Waals surface area contributed by atoms with Crippen LogP contribution in [0.4, 0.5) is 0 Å². The molecule has 0 amide bonds. The van der Waals surface area contributed by atoms with Crippen molar-refractivity contribution in [3.63, 3.8) is 0 Å². The van der Waals surface area contributed by atoms with E-state index in [0.717, 1.165) is 6.42 Å². The van der Waals surface area contributed by atoms with Gasteiger partial charge >= 0.3 is 132 Å². The van der Waals surface area contributed by atoms with Crippen molar-refractivity contribution in [3.05, 3.63) is 63.1 Å². The Labute approximate surface area is 155 Å². The second kappa shape index (κ2) is 4.18. The first-order valence-corrected chi connectivity index (χ1v) is 24.4. The monoisotopic (exact) mass is 434 g/mol. The molecule has 0 aromatic heterocycles. The average molecular weight is 435 g/mol. The average Bonchev–Trinajstić information content (AvgIpc) is 2.93. The zero-order valence-electron chi connectivity index (χ0n) is 15.6. The van der Waals surface area contributed by atoms with E-state index in [1.807, 2.05) is 0 Å². The Morgan fingerprint density at radius 2 is 1.58 bits per heavy atom. The van der Waals surface area contributed by atoms with E-state index in [1.54, 1.807) is 3.88 Å². The van der Waals surface area contributed by atoms with Crippen molar-refractivity contribution in [1.82, 2.24) is 0 Å². The molecule has 134 valence electrons. The maximum absolute atomic E-state index is 4.39. The molecule has 1 aromatic rings. The zero-order valence-corrected chi connectivity index (χ0v) is 21.7. The number of halogens is 2. The van der Waals surface area contributed by atoms with E-state index < -0.39 is 8.93 Å². The number of fused-ring (bicyclic) bond motifs is 1. The first kappa shape index (κ1) is 22.2. The van der Waals surface area contributed by atoms with Crippen LogP contribution in [0, 0.1) is 0 Å². The van der Waals surface area contributed by atoms with Crippen molar-refractivity contribution >= 4 is 46.2 Å². The normalized spacial score (nSPS) is 25.5. The Hall–Kier alpha value is 0.168. The summed E-state index contributed by atoms with van der Waals surface area (Å²) in [5.74, 6) is 0.